The molecule has 0 bridgehead atoms. The van der Waals surface area contributed by atoms with Crippen molar-refractivity contribution in [2.75, 3.05) is 6.61 Å². The van der Waals surface area contributed by atoms with Crippen LogP contribution in [0.2, 0.25) is 0 Å². The van der Waals surface area contributed by atoms with Gasteiger partial charge in [0.25, 0.3) is 12.6 Å². The van der Waals surface area contributed by atoms with Crippen molar-refractivity contribution >= 4 is 24.0 Å². The quantitative estimate of drug-likeness (QED) is 0.319. The van der Waals surface area contributed by atoms with Gasteiger partial charge >= 0.3 is 12.1 Å². The van der Waals surface area contributed by atoms with E-state index in [0.29, 0.717) is 0 Å². The molecule has 0 radical (unpaired) electrons. The Bertz CT molecular complexity index is 230. The topological polar surface area (TPSA) is 52.6 Å². The lowest BCUT2D eigenvalue weighted by atomic mass is 10.3. The highest BCUT2D eigenvalue weighted by Crippen LogP contribution is 2.23. The molecule has 0 aliphatic rings. The first-order valence-electron chi connectivity index (χ1n) is 3.39. The average molecular weight is 253 g/mol. The number of hydrogen-bond acceptors (Lipinski definition) is 4. The van der Waals surface area contributed by atoms with Gasteiger partial charge < -0.3 is 9.47 Å². The van der Waals surface area contributed by atoms with Gasteiger partial charge in [0.05, 0.1) is 0 Å². The van der Waals surface area contributed by atoms with E-state index in [2.05, 4.69) is 21.1 Å². The van der Waals surface area contributed by atoms with Gasteiger partial charge in [-0.15, -0.1) is 0 Å². The molecule has 0 saturated carbocycles. The molecule has 0 rings (SSSR count). The lowest BCUT2D eigenvalue weighted by molar-refractivity contribution is -0.225. The fourth-order valence-electron chi connectivity index (χ4n) is 0.543. The molecule has 9 heteroatoms. The molecule has 0 aromatic rings. The molecule has 0 spiro atoms. The highest BCUT2D eigenvalue weighted by molar-refractivity contribution is 6.19. The molecule has 2 atom stereocenters. The number of rotatable bonds is 5. The summed E-state index contributed by atoms with van der Waals surface area (Å²) in [6.45, 7) is -1.62. The zero-order valence-electron chi connectivity index (χ0n) is 6.96. The molecule has 2 unspecified atom stereocenters. The molecule has 0 heterocycles. The Morgan fingerprint density at radius 1 is 1.47 bits per heavy atom. The highest BCUT2D eigenvalue weighted by atomic mass is 35.5. The zero-order valence-corrected chi connectivity index (χ0v) is 7.72. The standard InChI is InChI=1S/C6H5ClF4O4/c7-3(8)1-14-5(13)4(15-2-12)6(9,10)11/h2-4H,1H2. The number of carbonyl (C=O) groups excluding carboxylic acids is 2. The van der Waals surface area contributed by atoms with E-state index in [1.807, 2.05) is 0 Å². The molecular formula is C6H5ClF4O4. The van der Waals surface area contributed by atoms with Gasteiger partial charge in [-0.3, -0.25) is 4.79 Å². The molecular weight excluding hydrogens is 248 g/mol. The number of halogens is 5. The average Bonchev–Trinajstić information content (AvgIpc) is 2.08. The normalized spacial score (nSPS) is 15.3. The number of carbonyl (C=O) groups is 2. The van der Waals surface area contributed by atoms with E-state index >= 15 is 0 Å². The summed E-state index contributed by atoms with van der Waals surface area (Å²) < 4.78 is 55.1. The SMILES string of the molecule is O=COC(C(=O)OCC(F)Cl)C(F)(F)F. The van der Waals surface area contributed by atoms with Crippen LogP contribution in [0.4, 0.5) is 17.6 Å². The summed E-state index contributed by atoms with van der Waals surface area (Å²) in [6, 6.07) is 0. The fourth-order valence-corrected chi connectivity index (χ4v) is 0.606. The van der Waals surface area contributed by atoms with Crippen LogP contribution in [0.25, 0.3) is 0 Å². The van der Waals surface area contributed by atoms with Gasteiger partial charge in [-0.2, -0.15) is 13.2 Å². The number of hydrogen-bond donors (Lipinski definition) is 0. The Morgan fingerprint density at radius 2 is 2.00 bits per heavy atom. The molecule has 0 N–H and O–H groups in total. The van der Waals surface area contributed by atoms with Crippen LogP contribution in [0.1, 0.15) is 0 Å². The van der Waals surface area contributed by atoms with Crippen LogP contribution >= 0.6 is 11.6 Å². The summed E-state index contributed by atoms with van der Waals surface area (Å²) in [4.78, 5) is 20.3. The Hall–Kier alpha value is -1.05. The lowest BCUT2D eigenvalue weighted by Gasteiger charge is -2.16. The molecule has 0 amide bonds. The van der Waals surface area contributed by atoms with Gasteiger partial charge in [0.1, 0.15) is 6.61 Å². The first-order chi connectivity index (χ1) is 6.79. The van der Waals surface area contributed by atoms with E-state index in [9.17, 15) is 27.2 Å². The van der Waals surface area contributed by atoms with Gasteiger partial charge in [0, 0.05) is 0 Å². The Labute approximate surface area is 86.1 Å². The molecule has 0 saturated heterocycles. The highest BCUT2D eigenvalue weighted by Gasteiger charge is 2.48. The minimum atomic E-state index is -5.11. The van der Waals surface area contributed by atoms with E-state index in [4.69, 9.17) is 0 Å². The van der Waals surface area contributed by atoms with Crippen LogP contribution in [0.5, 0.6) is 0 Å². The first kappa shape index (κ1) is 13.9. The first-order valence-corrected chi connectivity index (χ1v) is 3.83. The van der Waals surface area contributed by atoms with E-state index in [-0.39, 0.29) is 0 Å². The Kier molecular flexibility index (Phi) is 5.34. The van der Waals surface area contributed by atoms with E-state index < -0.39 is 37.0 Å². The summed E-state index contributed by atoms with van der Waals surface area (Å²) in [6.07, 6.45) is -8.18. The third kappa shape index (κ3) is 5.40. The van der Waals surface area contributed by atoms with Crippen molar-refractivity contribution in [3.05, 3.63) is 0 Å². The minimum absolute atomic E-state index is 0.562. The van der Waals surface area contributed by atoms with Crippen molar-refractivity contribution in [3.63, 3.8) is 0 Å². The van der Waals surface area contributed by atoms with E-state index in [1.165, 1.54) is 0 Å². The van der Waals surface area contributed by atoms with Gasteiger partial charge in [0.15, 0.2) is 0 Å². The molecule has 0 aliphatic heterocycles. The fraction of sp³-hybridized carbons (Fsp3) is 0.667. The molecule has 0 fully saturated rings. The van der Waals surface area contributed by atoms with Crippen LogP contribution < -0.4 is 0 Å². The van der Waals surface area contributed by atoms with E-state index in [0.717, 1.165) is 0 Å². The molecule has 15 heavy (non-hydrogen) atoms. The maximum Gasteiger partial charge on any atom is 0.436 e. The lowest BCUT2D eigenvalue weighted by Crippen LogP contribution is -2.40. The van der Waals surface area contributed by atoms with Crippen molar-refractivity contribution in [2.24, 2.45) is 0 Å². The molecule has 0 aromatic carbocycles. The minimum Gasteiger partial charge on any atom is -0.458 e. The second-order valence-electron chi connectivity index (χ2n) is 2.18. The number of alkyl halides is 5. The van der Waals surface area contributed by atoms with Crippen molar-refractivity contribution in [2.45, 2.75) is 17.9 Å². The van der Waals surface area contributed by atoms with Crippen LogP contribution in [0.15, 0.2) is 0 Å². The number of esters is 1. The maximum atomic E-state index is 12.0. The Balaban J connectivity index is 4.36. The maximum absolute atomic E-state index is 12.0. The third-order valence-corrected chi connectivity index (χ3v) is 1.18. The van der Waals surface area contributed by atoms with Crippen molar-refractivity contribution in [3.8, 4) is 0 Å². The number of ether oxygens (including phenoxy) is 2. The van der Waals surface area contributed by atoms with Crippen LogP contribution in [0, 0.1) is 0 Å². The predicted octanol–water partition coefficient (Wildman–Crippen LogP) is 1.17. The molecule has 0 aliphatic carbocycles. The van der Waals surface area contributed by atoms with Crippen LogP contribution in [-0.4, -0.2) is 37.0 Å². The molecule has 0 aromatic heterocycles. The summed E-state index contributed by atoms with van der Waals surface area (Å²) in [5.74, 6) is -1.93. The summed E-state index contributed by atoms with van der Waals surface area (Å²) in [5.41, 5.74) is -2.13. The van der Waals surface area contributed by atoms with Gasteiger partial charge in [-0.25, -0.2) is 9.18 Å². The monoisotopic (exact) mass is 252 g/mol. The summed E-state index contributed by atoms with van der Waals surface area (Å²) in [7, 11) is 0. The largest absolute Gasteiger partial charge is 0.458 e. The molecule has 88 valence electrons. The Morgan fingerprint density at radius 3 is 2.33 bits per heavy atom. The summed E-state index contributed by atoms with van der Waals surface area (Å²) in [5, 5.41) is 0. The van der Waals surface area contributed by atoms with Gasteiger partial charge in [-0.05, 0) is 0 Å². The second kappa shape index (κ2) is 5.74. The van der Waals surface area contributed by atoms with E-state index in [1.54, 1.807) is 0 Å². The smallest absolute Gasteiger partial charge is 0.436 e. The van der Waals surface area contributed by atoms with Crippen LogP contribution in [-0.2, 0) is 19.1 Å². The van der Waals surface area contributed by atoms with Crippen molar-refractivity contribution in [1.29, 1.82) is 0 Å². The van der Waals surface area contributed by atoms with Gasteiger partial charge in [-0.1, -0.05) is 11.6 Å². The summed E-state index contributed by atoms with van der Waals surface area (Å²) >= 11 is 4.68. The molecule has 4 nitrogen and oxygen atoms in total. The third-order valence-electron chi connectivity index (χ3n) is 1.05. The van der Waals surface area contributed by atoms with Crippen molar-refractivity contribution in [1.82, 2.24) is 0 Å². The van der Waals surface area contributed by atoms with Crippen LogP contribution in [0.3, 0.4) is 0 Å². The van der Waals surface area contributed by atoms with Crippen molar-refractivity contribution < 1.29 is 36.6 Å². The zero-order chi connectivity index (χ0) is 12.1. The predicted molar refractivity (Wildman–Crippen MR) is 38.7 cm³/mol. The van der Waals surface area contributed by atoms with Gasteiger partial charge in [0.2, 0.25) is 5.63 Å². The second-order valence-corrected chi connectivity index (χ2v) is 2.65.